The highest BCUT2D eigenvalue weighted by atomic mass is 28.4. The molecular weight excluding hydrogens is 444 g/mol. The molecule has 0 radical (unpaired) electrons. The molecule has 1 spiro atoms. The first kappa shape index (κ1) is 26.6. The van der Waals surface area contributed by atoms with Crippen molar-refractivity contribution < 1.29 is 23.7 Å². The van der Waals surface area contributed by atoms with Gasteiger partial charge in [0.2, 0.25) is 5.79 Å². The molecule has 34 heavy (non-hydrogen) atoms. The van der Waals surface area contributed by atoms with Crippen LogP contribution in [-0.2, 0) is 18.6 Å². The Labute approximate surface area is 208 Å². The summed E-state index contributed by atoms with van der Waals surface area (Å²) in [6.07, 6.45) is 7.13. The number of rotatable bonds is 5. The second kappa shape index (κ2) is 9.80. The first-order valence-electron chi connectivity index (χ1n) is 13.8. The van der Waals surface area contributed by atoms with Gasteiger partial charge < -0.3 is 23.7 Å². The first-order valence-corrected chi connectivity index (χ1v) is 16.7. The van der Waals surface area contributed by atoms with E-state index < -0.39 is 25.8 Å². The van der Waals surface area contributed by atoms with Crippen LogP contribution in [0.5, 0.6) is 0 Å². The summed E-state index contributed by atoms with van der Waals surface area (Å²) in [5.41, 5.74) is -0.517. The van der Waals surface area contributed by atoms with E-state index in [1.165, 1.54) is 32.1 Å². The van der Waals surface area contributed by atoms with Crippen LogP contribution in [0.2, 0.25) is 18.1 Å². The lowest BCUT2D eigenvalue weighted by atomic mass is 9.47. The van der Waals surface area contributed by atoms with Gasteiger partial charge in [0.25, 0.3) is 0 Å². The van der Waals surface area contributed by atoms with Crippen LogP contribution in [0.1, 0.15) is 79.6 Å². The van der Waals surface area contributed by atoms with Crippen molar-refractivity contribution in [3.8, 4) is 11.8 Å². The molecule has 4 fully saturated rings. The molecule has 0 aromatic carbocycles. The molecule has 4 aliphatic rings. The third kappa shape index (κ3) is 4.33. The predicted octanol–water partition coefficient (Wildman–Crippen LogP) is 5.52. The summed E-state index contributed by atoms with van der Waals surface area (Å²) < 4.78 is 25.8. The quantitative estimate of drug-likeness (QED) is 0.405. The lowest BCUT2D eigenvalue weighted by Gasteiger charge is -2.68. The highest BCUT2D eigenvalue weighted by Gasteiger charge is 2.77. The standard InChI is InChI=1S/C28H48O5Si/c1-8-30-27-17-16-23(29)22(25(27)20(2)28(27)31-18-19-32-28)14-15-24(21-12-10-9-11-13-21)33-34(6,7)26(3,4)5/h20-25,29H,8-13,16-19H2,1-7H3/t20?,22-,23+,24+,25+,27+/m0/s1. The van der Waals surface area contributed by atoms with Gasteiger partial charge in [-0.15, -0.1) is 0 Å². The Hall–Kier alpha value is -0.423. The van der Waals surface area contributed by atoms with Crippen molar-refractivity contribution in [3.63, 3.8) is 0 Å². The molecule has 4 rings (SSSR count). The number of hydrogen-bond donors (Lipinski definition) is 1. The van der Waals surface area contributed by atoms with Crippen molar-refractivity contribution in [3.05, 3.63) is 0 Å². The minimum Gasteiger partial charge on any atom is -0.403 e. The molecule has 0 aromatic heterocycles. The monoisotopic (exact) mass is 492 g/mol. The third-order valence-electron chi connectivity index (χ3n) is 9.70. The minimum absolute atomic E-state index is 0.0554. The Bertz CT molecular complexity index is 768. The molecule has 1 N–H and O–H groups in total. The van der Waals surface area contributed by atoms with Crippen molar-refractivity contribution in [2.75, 3.05) is 19.8 Å². The number of aliphatic hydroxyl groups excluding tert-OH is 1. The number of fused-ring (bicyclic) bond motifs is 2. The van der Waals surface area contributed by atoms with Crippen LogP contribution in [0.4, 0.5) is 0 Å². The molecule has 6 heteroatoms. The zero-order chi connectivity index (χ0) is 24.8. The van der Waals surface area contributed by atoms with E-state index in [-0.39, 0.29) is 28.9 Å². The van der Waals surface area contributed by atoms with E-state index in [9.17, 15) is 5.11 Å². The fourth-order valence-corrected chi connectivity index (χ4v) is 8.13. The molecule has 1 saturated heterocycles. The second-order valence-corrected chi connectivity index (χ2v) is 17.4. The molecule has 1 aliphatic heterocycles. The van der Waals surface area contributed by atoms with E-state index in [1.807, 2.05) is 6.92 Å². The molecule has 1 heterocycles. The summed E-state index contributed by atoms with van der Waals surface area (Å²) in [4.78, 5) is 0. The summed E-state index contributed by atoms with van der Waals surface area (Å²) in [5, 5.41) is 11.3. The van der Waals surface area contributed by atoms with Crippen LogP contribution in [-0.4, -0.2) is 56.8 Å². The van der Waals surface area contributed by atoms with Gasteiger partial charge in [0.15, 0.2) is 8.32 Å². The molecule has 0 aromatic rings. The van der Waals surface area contributed by atoms with Crippen molar-refractivity contribution in [2.45, 2.75) is 121 Å². The lowest BCUT2D eigenvalue weighted by Crippen LogP contribution is -2.80. The van der Waals surface area contributed by atoms with Gasteiger partial charge in [-0.05, 0) is 56.7 Å². The number of hydrogen-bond acceptors (Lipinski definition) is 5. The molecule has 1 unspecified atom stereocenters. The fourth-order valence-electron chi connectivity index (χ4n) is 6.89. The van der Waals surface area contributed by atoms with E-state index in [1.54, 1.807) is 0 Å². The van der Waals surface area contributed by atoms with E-state index in [0.29, 0.717) is 32.2 Å². The molecule has 0 bridgehead atoms. The van der Waals surface area contributed by atoms with Gasteiger partial charge in [0.1, 0.15) is 11.7 Å². The minimum atomic E-state index is -1.97. The van der Waals surface area contributed by atoms with Gasteiger partial charge in [0, 0.05) is 18.4 Å². The zero-order valence-corrected chi connectivity index (χ0v) is 23.6. The summed E-state index contributed by atoms with van der Waals surface area (Å²) in [6, 6.07) is 0. The van der Waals surface area contributed by atoms with E-state index in [2.05, 4.69) is 52.6 Å². The Morgan fingerprint density at radius 1 is 1.09 bits per heavy atom. The van der Waals surface area contributed by atoms with E-state index in [0.717, 1.165) is 6.42 Å². The smallest absolute Gasteiger partial charge is 0.201 e. The third-order valence-corrected chi connectivity index (χ3v) is 14.2. The molecular formula is C28H48O5Si. The van der Waals surface area contributed by atoms with Crippen LogP contribution in [0, 0.1) is 35.5 Å². The van der Waals surface area contributed by atoms with Crippen molar-refractivity contribution >= 4 is 8.32 Å². The Balaban J connectivity index is 1.63. The predicted molar refractivity (Wildman–Crippen MR) is 137 cm³/mol. The molecule has 5 nitrogen and oxygen atoms in total. The van der Waals surface area contributed by atoms with Crippen LogP contribution in [0.3, 0.4) is 0 Å². The molecule has 194 valence electrons. The number of ether oxygens (including phenoxy) is 3. The van der Waals surface area contributed by atoms with Crippen LogP contribution < -0.4 is 0 Å². The van der Waals surface area contributed by atoms with Gasteiger partial charge in [-0.2, -0.15) is 0 Å². The SMILES string of the molecule is CCO[C@]12CC[C@@H](O)[C@H](C#C[C@@H](O[Si](C)(C)C(C)(C)C)C3CCCCC3)[C@H]1C(C)C21OCCO1. The maximum absolute atomic E-state index is 11.1. The molecule has 3 aliphatic carbocycles. The number of aliphatic hydroxyl groups is 1. The second-order valence-electron chi connectivity index (χ2n) is 12.6. The van der Waals surface area contributed by atoms with Gasteiger partial charge in [-0.3, -0.25) is 0 Å². The van der Waals surface area contributed by atoms with Crippen molar-refractivity contribution in [2.24, 2.45) is 23.7 Å². The Kier molecular flexibility index (Phi) is 7.68. The van der Waals surface area contributed by atoms with Crippen LogP contribution in [0.15, 0.2) is 0 Å². The van der Waals surface area contributed by atoms with Gasteiger partial charge >= 0.3 is 0 Å². The highest BCUT2D eigenvalue weighted by molar-refractivity contribution is 6.74. The average Bonchev–Trinajstić information content (AvgIpc) is 3.31. The molecule has 3 saturated carbocycles. The van der Waals surface area contributed by atoms with E-state index >= 15 is 0 Å². The average molecular weight is 493 g/mol. The van der Waals surface area contributed by atoms with Crippen LogP contribution in [0.25, 0.3) is 0 Å². The summed E-state index contributed by atoms with van der Waals surface area (Å²) in [5.74, 6) is 7.10. The lowest BCUT2D eigenvalue weighted by molar-refractivity contribution is -0.417. The normalized spacial score (nSPS) is 36.9. The summed E-state index contributed by atoms with van der Waals surface area (Å²) >= 11 is 0. The fraction of sp³-hybridized carbons (Fsp3) is 0.929. The van der Waals surface area contributed by atoms with Gasteiger partial charge in [-0.25, -0.2) is 0 Å². The maximum atomic E-state index is 11.1. The summed E-state index contributed by atoms with van der Waals surface area (Å²) in [6.45, 7) is 17.6. The molecule has 0 amide bonds. The van der Waals surface area contributed by atoms with E-state index in [4.69, 9.17) is 18.6 Å². The summed E-state index contributed by atoms with van der Waals surface area (Å²) in [7, 11) is -1.97. The maximum Gasteiger partial charge on any atom is 0.201 e. The Morgan fingerprint density at radius 3 is 2.32 bits per heavy atom. The topological polar surface area (TPSA) is 57.2 Å². The van der Waals surface area contributed by atoms with Gasteiger partial charge in [-0.1, -0.05) is 58.8 Å². The van der Waals surface area contributed by atoms with Crippen molar-refractivity contribution in [1.29, 1.82) is 0 Å². The van der Waals surface area contributed by atoms with Gasteiger partial charge in [0.05, 0.1) is 25.2 Å². The zero-order valence-electron chi connectivity index (χ0n) is 22.6. The Morgan fingerprint density at radius 2 is 1.74 bits per heavy atom. The largest absolute Gasteiger partial charge is 0.403 e. The first-order chi connectivity index (χ1) is 16.0. The van der Waals surface area contributed by atoms with Crippen LogP contribution >= 0.6 is 0 Å². The molecule has 6 atom stereocenters. The van der Waals surface area contributed by atoms with Crippen molar-refractivity contribution in [1.82, 2.24) is 0 Å². The highest BCUT2D eigenvalue weighted by Crippen LogP contribution is 2.65.